The second-order valence-electron chi connectivity index (χ2n) is 13.6. The highest BCUT2D eigenvalue weighted by Crippen LogP contribution is 2.61. The Morgan fingerprint density at radius 1 is 1.08 bits per heavy atom. The van der Waals surface area contributed by atoms with Crippen LogP contribution in [0, 0.1) is 23.2 Å². The molecule has 5 rings (SSSR count). The zero-order valence-electron chi connectivity index (χ0n) is 24.8. The lowest BCUT2D eigenvalue weighted by Crippen LogP contribution is -2.53. The Bertz CT molecular complexity index is 897. The molecule has 4 saturated carbocycles. The van der Waals surface area contributed by atoms with Gasteiger partial charge in [0.05, 0.1) is 0 Å². The van der Waals surface area contributed by atoms with E-state index < -0.39 is 17.7 Å². The zero-order valence-corrected chi connectivity index (χ0v) is 25.6. The molecule has 39 heavy (non-hydrogen) atoms. The molecule has 1 atom stereocenters. The quantitative estimate of drug-likeness (QED) is 0.253. The normalized spacial score (nSPS) is 26.3. The van der Waals surface area contributed by atoms with E-state index in [1.54, 1.807) is 11.8 Å². The van der Waals surface area contributed by atoms with Crippen molar-refractivity contribution in [2.45, 2.75) is 110 Å². The number of nitrogens with one attached hydrogen (secondary N) is 1. The molecule has 0 aliphatic heterocycles. The minimum absolute atomic E-state index is 0.0538. The van der Waals surface area contributed by atoms with E-state index >= 15 is 0 Å². The average molecular weight is 558 g/mol. The largest absolute Gasteiger partial charge is 0.444 e. The Morgan fingerprint density at radius 3 is 2.31 bits per heavy atom. The summed E-state index contributed by atoms with van der Waals surface area (Å²) in [6.07, 6.45) is 16.8. The lowest BCUT2D eigenvalue weighted by molar-refractivity contribution is -0.134. The van der Waals surface area contributed by atoms with Gasteiger partial charge in [0.2, 0.25) is 5.91 Å². The molecule has 7 heteroatoms. The van der Waals surface area contributed by atoms with E-state index in [1.165, 1.54) is 44.1 Å². The van der Waals surface area contributed by atoms with Gasteiger partial charge in [0.25, 0.3) is 0 Å². The van der Waals surface area contributed by atoms with Gasteiger partial charge in [-0.2, -0.15) is 11.8 Å². The van der Waals surface area contributed by atoms with Gasteiger partial charge in [-0.1, -0.05) is 19.8 Å². The number of hydrogen-bond acceptors (Lipinski definition) is 5. The van der Waals surface area contributed by atoms with E-state index in [9.17, 15) is 9.59 Å². The number of ether oxygens (including phenoxy) is 1. The number of carbonyl (C=O) groups excluding carboxylic acids is 2. The molecule has 4 fully saturated rings. The second-order valence-corrected chi connectivity index (χ2v) is 14.7. The van der Waals surface area contributed by atoms with Crippen LogP contribution in [0.1, 0.15) is 97.5 Å². The first-order valence-electron chi connectivity index (χ1n) is 15.4. The maximum Gasteiger partial charge on any atom is 0.408 e. The highest BCUT2D eigenvalue weighted by molar-refractivity contribution is 7.99. The number of rotatable bonds is 14. The van der Waals surface area contributed by atoms with Crippen LogP contribution < -0.4 is 5.32 Å². The fourth-order valence-corrected chi connectivity index (χ4v) is 8.65. The van der Waals surface area contributed by atoms with Gasteiger partial charge in [-0.3, -0.25) is 9.78 Å². The van der Waals surface area contributed by atoms with Crippen molar-refractivity contribution in [3.8, 4) is 0 Å². The molecule has 1 aromatic rings. The number of aromatic nitrogens is 1. The standard InChI is InChI=1S/C32H51N3O3S/c1-5-6-7-14-35(15-11-32-20-25-17-26(21-32)19-27(18-25)22-32)29(36)28(34-30(37)38-31(2,3)4)23-39-16-10-24-8-12-33-13-9-24/h8-9,12-13,25-28H,5-7,10-11,14-23H2,1-4H3,(H,34,37)/t25?,26?,27?,28-,32?/m0/s1. The summed E-state index contributed by atoms with van der Waals surface area (Å²) in [5.41, 5.74) is 1.06. The van der Waals surface area contributed by atoms with Crippen molar-refractivity contribution in [3.05, 3.63) is 30.1 Å². The molecule has 0 spiro atoms. The molecule has 0 unspecified atom stereocenters. The molecule has 1 aromatic heterocycles. The monoisotopic (exact) mass is 557 g/mol. The Kier molecular flexibility index (Phi) is 10.6. The van der Waals surface area contributed by atoms with Gasteiger partial charge in [0.15, 0.2) is 0 Å². The molecule has 2 amide bonds. The van der Waals surface area contributed by atoms with Crippen molar-refractivity contribution < 1.29 is 14.3 Å². The van der Waals surface area contributed by atoms with Gasteiger partial charge in [-0.15, -0.1) is 0 Å². The number of thioether (sulfide) groups is 1. The van der Waals surface area contributed by atoms with Gasteiger partial charge in [0, 0.05) is 31.2 Å². The van der Waals surface area contributed by atoms with Crippen LogP contribution in [-0.2, 0) is 16.0 Å². The molecule has 1 N–H and O–H groups in total. The number of pyridine rings is 1. The van der Waals surface area contributed by atoms with Gasteiger partial charge in [-0.25, -0.2) is 4.79 Å². The lowest BCUT2D eigenvalue weighted by Gasteiger charge is -2.57. The van der Waals surface area contributed by atoms with Crippen LogP contribution >= 0.6 is 11.8 Å². The smallest absolute Gasteiger partial charge is 0.408 e. The zero-order chi connectivity index (χ0) is 27.9. The van der Waals surface area contributed by atoms with Crippen molar-refractivity contribution in [3.63, 3.8) is 0 Å². The fraction of sp³-hybridized carbons (Fsp3) is 0.781. The number of nitrogens with zero attached hydrogens (tertiary/aromatic N) is 2. The van der Waals surface area contributed by atoms with E-state index in [0.29, 0.717) is 11.2 Å². The fourth-order valence-electron chi connectivity index (χ4n) is 7.64. The summed E-state index contributed by atoms with van der Waals surface area (Å²) in [4.78, 5) is 33.0. The van der Waals surface area contributed by atoms with Crippen molar-refractivity contribution in [2.75, 3.05) is 24.6 Å². The Labute approximate surface area is 240 Å². The van der Waals surface area contributed by atoms with Crippen LogP contribution in [0.5, 0.6) is 0 Å². The first-order valence-corrected chi connectivity index (χ1v) is 16.5. The van der Waals surface area contributed by atoms with E-state index in [0.717, 1.165) is 68.7 Å². The van der Waals surface area contributed by atoms with Crippen molar-refractivity contribution >= 4 is 23.8 Å². The molecule has 218 valence electrons. The molecular weight excluding hydrogens is 506 g/mol. The van der Waals surface area contributed by atoms with Crippen molar-refractivity contribution in [1.29, 1.82) is 0 Å². The third kappa shape index (κ3) is 9.12. The summed E-state index contributed by atoms with van der Waals surface area (Å²) in [6.45, 7) is 9.35. The van der Waals surface area contributed by atoms with Crippen LogP contribution in [0.3, 0.4) is 0 Å². The number of carbonyl (C=O) groups is 2. The Balaban J connectivity index is 1.40. The number of alkyl carbamates (subject to hydrolysis) is 1. The molecule has 4 aliphatic rings. The average Bonchev–Trinajstić information content (AvgIpc) is 2.86. The number of hydrogen-bond donors (Lipinski definition) is 1. The van der Waals surface area contributed by atoms with Crippen LogP contribution in [0.15, 0.2) is 24.5 Å². The van der Waals surface area contributed by atoms with Gasteiger partial charge < -0.3 is 15.0 Å². The van der Waals surface area contributed by atoms with Gasteiger partial charge in [0.1, 0.15) is 11.6 Å². The van der Waals surface area contributed by atoms with E-state index in [1.807, 2.05) is 45.3 Å². The molecule has 0 aromatic carbocycles. The SMILES string of the molecule is CCCCCN(CCC12CC3CC(CC(C3)C1)C2)C(=O)[C@H](CSCCc1ccncc1)NC(=O)OC(C)(C)C. The van der Waals surface area contributed by atoms with Crippen LogP contribution in [0.25, 0.3) is 0 Å². The summed E-state index contributed by atoms with van der Waals surface area (Å²) in [5.74, 6) is 4.23. The number of unbranched alkanes of at least 4 members (excludes halogenated alkanes) is 2. The number of amides is 2. The van der Waals surface area contributed by atoms with Gasteiger partial charge in [-0.05, 0) is 125 Å². The molecular formula is C32H51N3O3S. The minimum Gasteiger partial charge on any atom is -0.444 e. The molecule has 6 nitrogen and oxygen atoms in total. The third-order valence-electron chi connectivity index (χ3n) is 8.98. The minimum atomic E-state index is -0.606. The topological polar surface area (TPSA) is 71.5 Å². The predicted molar refractivity (Wildman–Crippen MR) is 160 cm³/mol. The van der Waals surface area contributed by atoms with Crippen molar-refractivity contribution in [2.24, 2.45) is 23.2 Å². The van der Waals surface area contributed by atoms with E-state index in [2.05, 4.69) is 22.1 Å². The first kappa shape index (κ1) is 30.2. The maximum atomic E-state index is 14.1. The summed E-state index contributed by atoms with van der Waals surface area (Å²) in [6, 6.07) is 3.48. The van der Waals surface area contributed by atoms with Crippen LogP contribution in [0.4, 0.5) is 4.79 Å². The van der Waals surface area contributed by atoms with Crippen LogP contribution in [-0.4, -0.2) is 58.1 Å². The summed E-state index contributed by atoms with van der Waals surface area (Å²) in [5, 5.41) is 2.95. The van der Waals surface area contributed by atoms with Gasteiger partial charge >= 0.3 is 6.09 Å². The molecule has 4 bridgehead atoms. The molecule has 0 radical (unpaired) electrons. The summed E-state index contributed by atoms with van der Waals surface area (Å²) in [7, 11) is 0. The third-order valence-corrected chi connectivity index (χ3v) is 10.0. The highest BCUT2D eigenvalue weighted by Gasteiger charge is 2.50. The Hall–Kier alpha value is -1.76. The van der Waals surface area contributed by atoms with E-state index in [4.69, 9.17) is 4.74 Å². The molecule has 4 aliphatic carbocycles. The predicted octanol–water partition coefficient (Wildman–Crippen LogP) is 6.88. The lowest BCUT2D eigenvalue weighted by atomic mass is 9.49. The summed E-state index contributed by atoms with van der Waals surface area (Å²) >= 11 is 1.72. The molecule has 0 saturated heterocycles. The van der Waals surface area contributed by atoms with E-state index in [-0.39, 0.29) is 5.91 Å². The summed E-state index contributed by atoms with van der Waals surface area (Å²) < 4.78 is 5.56. The number of aryl methyl sites for hydroxylation is 1. The van der Waals surface area contributed by atoms with Crippen LogP contribution in [0.2, 0.25) is 0 Å². The van der Waals surface area contributed by atoms with Crippen molar-refractivity contribution in [1.82, 2.24) is 15.2 Å². The highest BCUT2D eigenvalue weighted by atomic mass is 32.2. The first-order chi connectivity index (χ1) is 18.6. The second kappa shape index (κ2) is 13.7. The molecule has 1 heterocycles. The Morgan fingerprint density at radius 2 is 1.72 bits per heavy atom. The maximum absolute atomic E-state index is 14.1.